The molecule has 0 amide bonds. The molecule has 0 spiro atoms. The summed E-state index contributed by atoms with van der Waals surface area (Å²) in [7, 11) is 0. The molecule has 0 bridgehead atoms. The molecule has 2 heterocycles. The van der Waals surface area contributed by atoms with E-state index in [1.165, 1.54) is 4.88 Å². The molecular weight excluding hydrogens is 280 g/mol. The molecule has 0 aliphatic heterocycles. The van der Waals surface area contributed by atoms with Crippen LogP contribution in [-0.4, -0.2) is 15.2 Å². The fraction of sp³-hybridized carbons (Fsp3) is 0.462. The normalized spacial score (nSPS) is 12.5. The molecule has 0 aliphatic carbocycles. The van der Waals surface area contributed by atoms with Gasteiger partial charge >= 0.3 is 0 Å². The molecular formula is C13H17ClN4S. The number of halogens is 1. The van der Waals surface area contributed by atoms with E-state index >= 15 is 0 Å². The van der Waals surface area contributed by atoms with Crippen molar-refractivity contribution < 1.29 is 0 Å². The Kier molecular flexibility index (Phi) is 4.06. The van der Waals surface area contributed by atoms with Crippen LogP contribution in [0.2, 0.25) is 5.15 Å². The molecule has 0 aromatic carbocycles. The van der Waals surface area contributed by atoms with Gasteiger partial charge in [-0.2, -0.15) is 0 Å². The lowest BCUT2D eigenvalue weighted by Gasteiger charge is -2.16. The van der Waals surface area contributed by atoms with Crippen molar-refractivity contribution in [3.05, 3.63) is 31.9 Å². The van der Waals surface area contributed by atoms with Gasteiger partial charge in [-0.3, -0.25) is 0 Å². The number of nitrogens with zero attached hydrogens (tertiary/aromatic N) is 3. The van der Waals surface area contributed by atoms with E-state index in [0.717, 1.165) is 27.6 Å². The molecule has 2 aromatic rings. The minimum Gasteiger partial charge on any atom is -0.361 e. The largest absolute Gasteiger partial charge is 0.361 e. The van der Waals surface area contributed by atoms with Gasteiger partial charge in [-0.05, 0) is 45.7 Å². The van der Waals surface area contributed by atoms with Crippen molar-refractivity contribution in [2.45, 2.75) is 40.7 Å². The first-order valence-corrected chi connectivity index (χ1v) is 7.29. The van der Waals surface area contributed by atoms with E-state index in [2.05, 4.69) is 27.4 Å². The summed E-state index contributed by atoms with van der Waals surface area (Å²) in [6.07, 6.45) is 0. The summed E-state index contributed by atoms with van der Waals surface area (Å²) >= 11 is 7.67. The average Bonchev–Trinajstić information content (AvgIpc) is 2.69. The minimum absolute atomic E-state index is 0.153. The molecule has 0 fully saturated rings. The molecule has 0 saturated heterocycles. The predicted octanol–water partition coefficient (Wildman–Crippen LogP) is 3.99. The molecule has 1 atom stereocenters. The van der Waals surface area contributed by atoms with Crippen LogP contribution < -0.4 is 5.32 Å². The van der Waals surface area contributed by atoms with E-state index in [1.807, 2.05) is 27.7 Å². The second-order valence-electron chi connectivity index (χ2n) is 4.64. The predicted molar refractivity (Wildman–Crippen MR) is 80.1 cm³/mol. The van der Waals surface area contributed by atoms with E-state index in [4.69, 9.17) is 11.6 Å². The van der Waals surface area contributed by atoms with Gasteiger partial charge in [0.2, 0.25) is 0 Å². The molecule has 19 heavy (non-hydrogen) atoms. The summed E-state index contributed by atoms with van der Waals surface area (Å²) < 4.78 is 0. The number of aryl methyl sites for hydroxylation is 2. The fourth-order valence-corrected chi connectivity index (χ4v) is 3.04. The maximum Gasteiger partial charge on any atom is 0.155 e. The average molecular weight is 297 g/mol. The molecule has 1 N–H and O–H groups in total. The van der Waals surface area contributed by atoms with Crippen LogP contribution in [0.25, 0.3) is 0 Å². The number of hydrogen-bond acceptors (Lipinski definition) is 5. The molecule has 0 radical (unpaired) electrons. The topological polar surface area (TPSA) is 50.7 Å². The Balaban J connectivity index is 2.27. The lowest BCUT2D eigenvalue weighted by atomic mass is 10.2. The minimum atomic E-state index is 0.153. The van der Waals surface area contributed by atoms with Crippen LogP contribution in [0.1, 0.15) is 39.7 Å². The summed E-state index contributed by atoms with van der Waals surface area (Å²) in [6.45, 7) is 10.1. The lowest BCUT2D eigenvalue weighted by molar-refractivity contribution is 0.858. The van der Waals surface area contributed by atoms with Crippen molar-refractivity contribution in [1.29, 1.82) is 0 Å². The fourth-order valence-electron chi connectivity index (χ4n) is 1.93. The highest BCUT2D eigenvalue weighted by Crippen LogP contribution is 2.29. The first kappa shape index (κ1) is 14.2. The van der Waals surface area contributed by atoms with Crippen LogP contribution in [0, 0.1) is 27.7 Å². The van der Waals surface area contributed by atoms with Crippen LogP contribution in [-0.2, 0) is 0 Å². The summed E-state index contributed by atoms with van der Waals surface area (Å²) in [5.41, 5.74) is 3.06. The van der Waals surface area contributed by atoms with E-state index in [0.29, 0.717) is 5.15 Å². The third-order valence-electron chi connectivity index (χ3n) is 3.15. The van der Waals surface area contributed by atoms with Crippen molar-refractivity contribution in [3.63, 3.8) is 0 Å². The highest BCUT2D eigenvalue weighted by atomic mass is 35.5. The van der Waals surface area contributed by atoms with Gasteiger partial charge < -0.3 is 5.32 Å². The summed E-state index contributed by atoms with van der Waals surface area (Å²) in [5.74, 6) is 0.778. The second-order valence-corrected chi connectivity index (χ2v) is 6.23. The lowest BCUT2D eigenvalue weighted by Crippen LogP contribution is -2.10. The molecule has 2 rings (SSSR count). The van der Waals surface area contributed by atoms with E-state index in [9.17, 15) is 0 Å². The number of nitrogens with one attached hydrogen (secondary N) is 1. The third-order valence-corrected chi connectivity index (χ3v) is 4.77. The molecule has 0 saturated carbocycles. The Labute approximate surface area is 122 Å². The summed E-state index contributed by atoms with van der Waals surface area (Å²) in [5, 5.41) is 13.0. The monoisotopic (exact) mass is 296 g/mol. The Morgan fingerprint density at radius 1 is 1.11 bits per heavy atom. The smallest absolute Gasteiger partial charge is 0.155 e. The summed E-state index contributed by atoms with van der Waals surface area (Å²) in [4.78, 5) is 5.68. The standard InChI is InChI=1S/C13H17ClN4S/c1-6-7(2)13(18-17-12(6)14)16-9(4)11-8(3)15-10(5)19-11/h9H,1-5H3,(H,16,18). The van der Waals surface area contributed by atoms with Crippen molar-refractivity contribution in [2.75, 3.05) is 5.32 Å². The Morgan fingerprint density at radius 2 is 1.79 bits per heavy atom. The maximum absolute atomic E-state index is 5.96. The van der Waals surface area contributed by atoms with E-state index in [1.54, 1.807) is 11.3 Å². The Bertz CT molecular complexity index is 609. The van der Waals surface area contributed by atoms with Crippen LogP contribution in [0.4, 0.5) is 5.82 Å². The first-order valence-electron chi connectivity index (χ1n) is 6.10. The third kappa shape index (κ3) is 2.87. The van der Waals surface area contributed by atoms with Crippen LogP contribution in [0.3, 0.4) is 0 Å². The Hall–Kier alpha value is -1.20. The highest BCUT2D eigenvalue weighted by molar-refractivity contribution is 7.11. The van der Waals surface area contributed by atoms with Crippen LogP contribution >= 0.6 is 22.9 Å². The Morgan fingerprint density at radius 3 is 2.37 bits per heavy atom. The second kappa shape index (κ2) is 5.43. The van der Waals surface area contributed by atoms with Crippen LogP contribution in [0.15, 0.2) is 0 Å². The number of hydrogen-bond donors (Lipinski definition) is 1. The molecule has 4 nitrogen and oxygen atoms in total. The van der Waals surface area contributed by atoms with Crippen molar-refractivity contribution in [3.8, 4) is 0 Å². The van der Waals surface area contributed by atoms with Gasteiger partial charge in [0.05, 0.1) is 16.7 Å². The van der Waals surface area contributed by atoms with Gasteiger partial charge in [0.1, 0.15) is 0 Å². The zero-order valence-electron chi connectivity index (χ0n) is 11.7. The maximum atomic E-state index is 5.96. The van der Waals surface area contributed by atoms with Gasteiger partial charge in [-0.15, -0.1) is 21.5 Å². The van der Waals surface area contributed by atoms with Gasteiger partial charge in [0.25, 0.3) is 0 Å². The highest BCUT2D eigenvalue weighted by Gasteiger charge is 2.15. The van der Waals surface area contributed by atoms with Gasteiger partial charge in [-0.1, -0.05) is 11.6 Å². The zero-order chi connectivity index (χ0) is 14.2. The number of anilines is 1. The number of rotatable bonds is 3. The van der Waals surface area contributed by atoms with Crippen molar-refractivity contribution in [2.24, 2.45) is 0 Å². The number of aromatic nitrogens is 3. The van der Waals surface area contributed by atoms with Crippen molar-refractivity contribution >= 4 is 28.8 Å². The molecule has 1 unspecified atom stereocenters. The SMILES string of the molecule is Cc1nc(C)c(C(C)Nc2nnc(Cl)c(C)c2C)s1. The van der Waals surface area contributed by atoms with Crippen molar-refractivity contribution in [1.82, 2.24) is 15.2 Å². The quantitative estimate of drug-likeness (QED) is 0.930. The van der Waals surface area contributed by atoms with Gasteiger partial charge in [-0.25, -0.2) is 4.98 Å². The molecule has 102 valence electrons. The van der Waals surface area contributed by atoms with Crippen LogP contribution in [0.5, 0.6) is 0 Å². The molecule has 6 heteroatoms. The van der Waals surface area contributed by atoms with E-state index < -0.39 is 0 Å². The molecule has 0 aliphatic rings. The van der Waals surface area contributed by atoms with Gasteiger partial charge in [0.15, 0.2) is 11.0 Å². The first-order chi connectivity index (χ1) is 8.90. The van der Waals surface area contributed by atoms with E-state index in [-0.39, 0.29) is 6.04 Å². The summed E-state index contributed by atoms with van der Waals surface area (Å²) in [6, 6.07) is 0.153. The number of thiazole rings is 1. The zero-order valence-corrected chi connectivity index (χ0v) is 13.3. The molecule has 2 aromatic heterocycles. The van der Waals surface area contributed by atoms with Gasteiger partial charge in [0, 0.05) is 4.88 Å².